The first-order valence-corrected chi connectivity index (χ1v) is 12.5. The summed E-state index contributed by atoms with van der Waals surface area (Å²) in [6.45, 7) is 9.66. The third kappa shape index (κ3) is 5.47. The van der Waals surface area contributed by atoms with E-state index in [1.54, 1.807) is 11.8 Å². The molecular weight excluding hydrogens is 464 g/mol. The van der Waals surface area contributed by atoms with Crippen molar-refractivity contribution in [1.82, 2.24) is 14.7 Å². The highest BCUT2D eigenvalue weighted by Crippen LogP contribution is 2.35. The van der Waals surface area contributed by atoms with Crippen molar-refractivity contribution < 1.29 is 23.9 Å². The van der Waals surface area contributed by atoms with Crippen LogP contribution in [0.1, 0.15) is 52.3 Å². The van der Waals surface area contributed by atoms with E-state index in [9.17, 15) is 14.4 Å². The molecule has 11 heteroatoms. The number of ether oxygens (including phenoxy) is 2. The van der Waals surface area contributed by atoms with Crippen molar-refractivity contribution in [1.29, 1.82) is 0 Å². The summed E-state index contributed by atoms with van der Waals surface area (Å²) in [7, 11) is 1.32. The highest BCUT2D eigenvalue weighted by molar-refractivity contribution is 7.80. The first-order chi connectivity index (χ1) is 15.8. The molecule has 2 saturated heterocycles. The number of piperazine rings is 1. The van der Waals surface area contributed by atoms with Gasteiger partial charge in [0.2, 0.25) is 0 Å². The fraction of sp³-hybridized carbons (Fsp3) is 0.636. The smallest absolute Gasteiger partial charge is 0.341 e. The summed E-state index contributed by atoms with van der Waals surface area (Å²) in [5.41, 5.74) is 0.911. The van der Waals surface area contributed by atoms with E-state index in [0.717, 1.165) is 12.8 Å². The lowest BCUT2D eigenvalue weighted by Gasteiger charge is -2.37. The van der Waals surface area contributed by atoms with Crippen LogP contribution in [0.15, 0.2) is 0 Å². The third-order valence-corrected chi connectivity index (χ3v) is 7.64. The SMILES string of the molecule is CCN(CC)C(=O)c1sc(NC(=S)N2CCN(C(=O)[C@@H]3CCCO3)CC2)c(C(=O)OC)c1C. The summed E-state index contributed by atoms with van der Waals surface area (Å²) in [4.78, 5) is 44.1. The number of thiocarbonyl (C=S) groups is 1. The maximum Gasteiger partial charge on any atom is 0.341 e. The standard InChI is InChI=1S/C22H32N4O5S2/c1-5-24(6-2)20(28)17-14(3)16(21(29)30-4)18(33-17)23-22(32)26-11-9-25(10-12-26)19(27)15-8-7-13-31-15/h15H,5-13H2,1-4H3,(H,23,32)/t15-/m0/s1. The van der Waals surface area contributed by atoms with Crippen LogP contribution in [0.2, 0.25) is 0 Å². The van der Waals surface area contributed by atoms with Crippen LogP contribution < -0.4 is 5.32 Å². The lowest BCUT2D eigenvalue weighted by Crippen LogP contribution is -2.53. The number of esters is 1. The zero-order valence-corrected chi connectivity index (χ0v) is 21.3. The molecule has 2 aliphatic rings. The molecule has 3 rings (SSSR count). The van der Waals surface area contributed by atoms with E-state index < -0.39 is 5.97 Å². The molecule has 33 heavy (non-hydrogen) atoms. The number of hydrogen-bond donors (Lipinski definition) is 1. The van der Waals surface area contributed by atoms with Gasteiger partial charge in [0.25, 0.3) is 11.8 Å². The molecule has 1 aromatic rings. The molecule has 0 aromatic carbocycles. The summed E-state index contributed by atoms with van der Waals surface area (Å²) >= 11 is 6.82. The molecule has 2 aliphatic heterocycles. The zero-order valence-electron chi connectivity index (χ0n) is 19.6. The predicted molar refractivity (Wildman–Crippen MR) is 131 cm³/mol. The van der Waals surface area contributed by atoms with Crippen LogP contribution in [-0.2, 0) is 14.3 Å². The Kier molecular flexibility index (Phi) is 8.66. The Bertz CT molecular complexity index is 901. The van der Waals surface area contributed by atoms with E-state index in [1.165, 1.54) is 18.4 Å². The number of carbonyl (C=O) groups is 3. The average Bonchev–Trinajstić information content (AvgIpc) is 3.47. The van der Waals surface area contributed by atoms with E-state index in [-0.39, 0.29) is 17.9 Å². The molecule has 0 saturated carbocycles. The maximum absolute atomic E-state index is 13.0. The number of anilines is 1. The number of amides is 2. The molecule has 182 valence electrons. The Labute approximate surface area is 204 Å². The van der Waals surface area contributed by atoms with Crippen LogP contribution in [0, 0.1) is 6.92 Å². The van der Waals surface area contributed by atoms with Crippen molar-refractivity contribution in [2.45, 2.75) is 39.7 Å². The van der Waals surface area contributed by atoms with Gasteiger partial charge in [-0.3, -0.25) is 9.59 Å². The Hall–Kier alpha value is -2.24. The van der Waals surface area contributed by atoms with Crippen LogP contribution in [0.4, 0.5) is 5.00 Å². The normalized spacial score (nSPS) is 18.2. The van der Waals surface area contributed by atoms with E-state index in [1.807, 2.05) is 23.6 Å². The Morgan fingerprint density at radius 3 is 2.36 bits per heavy atom. The minimum absolute atomic E-state index is 0.0486. The third-order valence-electron chi connectivity index (χ3n) is 6.09. The van der Waals surface area contributed by atoms with Crippen molar-refractivity contribution in [2.75, 3.05) is 58.3 Å². The molecule has 9 nitrogen and oxygen atoms in total. The van der Waals surface area contributed by atoms with Crippen molar-refractivity contribution in [3.05, 3.63) is 16.0 Å². The first kappa shape index (κ1) is 25.4. The first-order valence-electron chi connectivity index (χ1n) is 11.3. The second-order valence-corrected chi connectivity index (χ2v) is 9.38. The van der Waals surface area contributed by atoms with Gasteiger partial charge < -0.3 is 29.5 Å². The second-order valence-electron chi connectivity index (χ2n) is 7.97. The number of thiophene rings is 1. The van der Waals surface area contributed by atoms with Gasteiger partial charge in [-0.15, -0.1) is 11.3 Å². The zero-order chi connectivity index (χ0) is 24.1. The highest BCUT2D eigenvalue weighted by Gasteiger charge is 2.32. The van der Waals surface area contributed by atoms with Crippen molar-refractivity contribution >= 4 is 51.5 Å². The number of nitrogens with zero attached hydrogens (tertiary/aromatic N) is 3. The predicted octanol–water partition coefficient (Wildman–Crippen LogP) is 2.35. The van der Waals surface area contributed by atoms with Crippen molar-refractivity contribution in [3.8, 4) is 0 Å². The van der Waals surface area contributed by atoms with Gasteiger partial charge in [-0.2, -0.15) is 0 Å². The minimum Gasteiger partial charge on any atom is -0.465 e. The summed E-state index contributed by atoms with van der Waals surface area (Å²) in [6.07, 6.45) is 1.38. The largest absolute Gasteiger partial charge is 0.465 e. The molecule has 0 spiro atoms. The molecule has 0 unspecified atom stereocenters. The molecular formula is C22H32N4O5S2. The lowest BCUT2D eigenvalue weighted by molar-refractivity contribution is -0.142. The molecule has 1 atom stereocenters. The van der Waals surface area contributed by atoms with E-state index in [4.69, 9.17) is 21.7 Å². The molecule has 0 bridgehead atoms. The average molecular weight is 497 g/mol. The van der Waals surface area contributed by atoms with E-state index in [0.29, 0.717) is 72.0 Å². The number of nitrogens with one attached hydrogen (secondary N) is 1. The Morgan fingerprint density at radius 2 is 1.82 bits per heavy atom. The second kappa shape index (κ2) is 11.3. The van der Waals surface area contributed by atoms with Gasteiger partial charge in [0.1, 0.15) is 11.1 Å². The number of rotatable bonds is 6. The fourth-order valence-electron chi connectivity index (χ4n) is 4.09. The van der Waals surface area contributed by atoms with Gasteiger partial charge in [0.05, 0.1) is 17.6 Å². The van der Waals surface area contributed by atoms with Gasteiger partial charge >= 0.3 is 5.97 Å². The van der Waals surface area contributed by atoms with Crippen LogP contribution >= 0.6 is 23.6 Å². The number of hydrogen-bond acceptors (Lipinski definition) is 7. The summed E-state index contributed by atoms with van der Waals surface area (Å²) in [5.74, 6) is -0.583. The molecule has 2 fully saturated rings. The Morgan fingerprint density at radius 1 is 1.18 bits per heavy atom. The molecule has 1 aromatic heterocycles. The molecule has 0 aliphatic carbocycles. The lowest BCUT2D eigenvalue weighted by atomic mass is 10.1. The molecule has 3 heterocycles. The summed E-state index contributed by atoms with van der Waals surface area (Å²) in [5, 5.41) is 4.11. The van der Waals surface area contributed by atoms with Gasteiger partial charge in [-0.1, -0.05) is 0 Å². The fourth-order valence-corrected chi connectivity index (χ4v) is 5.60. The number of methoxy groups -OCH3 is 1. The number of carbonyl (C=O) groups excluding carboxylic acids is 3. The van der Waals surface area contributed by atoms with Crippen LogP contribution in [0.5, 0.6) is 0 Å². The van der Waals surface area contributed by atoms with Gasteiger partial charge in [0, 0.05) is 45.9 Å². The van der Waals surface area contributed by atoms with Gasteiger partial charge in [-0.05, 0) is 51.4 Å². The molecule has 2 amide bonds. The monoisotopic (exact) mass is 496 g/mol. The summed E-state index contributed by atoms with van der Waals surface area (Å²) in [6, 6.07) is 0. The quantitative estimate of drug-likeness (QED) is 0.474. The highest BCUT2D eigenvalue weighted by atomic mass is 32.1. The van der Waals surface area contributed by atoms with E-state index >= 15 is 0 Å². The van der Waals surface area contributed by atoms with Crippen molar-refractivity contribution in [3.63, 3.8) is 0 Å². The topological polar surface area (TPSA) is 91.4 Å². The molecule has 1 N–H and O–H groups in total. The van der Waals surface area contributed by atoms with Crippen molar-refractivity contribution in [2.24, 2.45) is 0 Å². The van der Waals surface area contributed by atoms with Gasteiger partial charge in [-0.25, -0.2) is 4.79 Å². The maximum atomic E-state index is 13.0. The Balaban J connectivity index is 1.71. The molecule has 0 radical (unpaired) electrons. The minimum atomic E-state index is -0.514. The van der Waals surface area contributed by atoms with Crippen LogP contribution in [0.3, 0.4) is 0 Å². The van der Waals surface area contributed by atoms with Gasteiger partial charge in [0.15, 0.2) is 5.11 Å². The summed E-state index contributed by atoms with van der Waals surface area (Å²) < 4.78 is 10.5. The van der Waals surface area contributed by atoms with E-state index in [2.05, 4.69) is 5.32 Å². The van der Waals surface area contributed by atoms with Crippen LogP contribution in [-0.4, -0.2) is 96.7 Å². The van der Waals surface area contributed by atoms with Crippen LogP contribution in [0.25, 0.3) is 0 Å².